The Labute approximate surface area is 104 Å². The lowest BCUT2D eigenvalue weighted by atomic mass is 9.70. The molecule has 1 heterocycles. The van der Waals surface area contributed by atoms with Crippen molar-refractivity contribution in [2.45, 2.75) is 39.0 Å². The topological polar surface area (TPSA) is 67.3 Å². The van der Waals surface area contributed by atoms with Crippen LogP contribution in [0.2, 0.25) is 0 Å². The molecule has 0 spiro atoms. The number of hydrogen-bond acceptors (Lipinski definition) is 4. The summed E-state index contributed by atoms with van der Waals surface area (Å²) >= 11 is 1.49. The second kappa shape index (κ2) is 4.56. The number of nitrogens with zero attached hydrogens (tertiary/aromatic N) is 1. The van der Waals surface area contributed by atoms with Gasteiger partial charge in [-0.2, -0.15) is 0 Å². The number of carbonyl (C=O) groups is 2. The second-order valence-electron chi connectivity index (χ2n) is 4.55. The number of carbonyl (C=O) groups excluding carboxylic acids is 1. The van der Waals surface area contributed by atoms with Gasteiger partial charge in [0.05, 0.1) is 10.7 Å². The Balaban J connectivity index is 2.28. The van der Waals surface area contributed by atoms with Crippen LogP contribution in [0.4, 0.5) is 0 Å². The molecule has 1 aromatic rings. The van der Waals surface area contributed by atoms with Gasteiger partial charge >= 0.3 is 5.97 Å². The summed E-state index contributed by atoms with van der Waals surface area (Å²) in [6, 6.07) is 0. The van der Waals surface area contributed by atoms with E-state index in [1.165, 1.54) is 11.3 Å². The van der Waals surface area contributed by atoms with Crippen LogP contribution in [0.15, 0.2) is 5.38 Å². The highest BCUT2D eigenvalue weighted by Crippen LogP contribution is 2.37. The maximum absolute atomic E-state index is 12.0. The summed E-state index contributed by atoms with van der Waals surface area (Å²) in [4.78, 5) is 27.7. The minimum absolute atomic E-state index is 0.137. The molecule has 0 saturated heterocycles. The van der Waals surface area contributed by atoms with Crippen LogP contribution in [0.25, 0.3) is 0 Å². The van der Waals surface area contributed by atoms with Crippen LogP contribution in [0.5, 0.6) is 0 Å². The molecule has 92 valence electrons. The van der Waals surface area contributed by atoms with Gasteiger partial charge < -0.3 is 5.11 Å². The van der Waals surface area contributed by atoms with Gasteiger partial charge in [0.15, 0.2) is 5.78 Å². The Kier molecular flexibility index (Phi) is 3.28. The lowest BCUT2D eigenvalue weighted by Gasteiger charge is -2.30. The molecule has 0 radical (unpaired) electrons. The molecular weight excluding hydrogens is 238 g/mol. The molecule has 0 amide bonds. The number of hydrogen-bond donors (Lipinski definition) is 1. The summed E-state index contributed by atoms with van der Waals surface area (Å²) in [6.07, 6.45) is 2.68. The summed E-state index contributed by atoms with van der Waals surface area (Å²) in [7, 11) is 0. The fraction of sp³-hybridized carbons (Fsp3) is 0.583. The van der Waals surface area contributed by atoms with E-state index in [-0.39, 0.29) is 12.2 Å². The van der Waals surface area contributed by atoms with Gasteiger partial charge in [0.1, 0.15) is 5.41 Å². The first-order chi connectivity index (χ1) is 8.04. The molecule has 2 rings (SSSR count). The van der Waals surface area contributed by atoms with Gasteiger partial charge in [-0.05, 0) is 19.8 Å². The number of thiazole rings is 1. The molecule has 17 heavy (non-hydrogen) atoms. The maximum Gasteiger partial charge on any atom is 0.317 e. The zero-order chi connectivity index (χ0) is 12.5. The summed E-state index contributed by atoms with van der Waals surface area (Å²) in [5, 5.41) is 12.1. The Morgan fingerprint density at radius 3 is 2.88 bits per heavy atom. The molecular formula is C12H15NO3S. The first kappa shape index (κ1) is 12.2. The second-order valence-corrected chi connectivity index (χ2v) is 5.61. The molecule has 1 fully saturated rings. The van der Waals surface area contributed by atoms with Gasteiger partial charge in [0.25, 0.3) is 0 Å². The Morgan fingerprint density at radius 1 is 1.59 bits per heavy atom. The molecule has 1 aromatic heterocycles. The molecule has 1 saturated carbocycles. The zero-order valence-electron chi connectivity index (χ0n) is 9.73. The van der Waals surface area contributed by atoms with Crippen LogP contribution in [0.1, 0.15) is 36.4 Å². The predicted molar refractivity (Wildman–Crippen MR) is 64.1 cm³/mol. The average molecular weight is 253 g/mol. The van der Waals surface area contributed by atoms with E-state index < -0.39 is 11.4 Å². The first-order valence-electron chi connectivity index (χ1n) is 5.72. The number of carboxylic acids is 1. The van der Waals surface area contributed by atoms with Crippen LogP contribution in [-0.2, 0) is 16.0 Å². The van der Waals surface area contributed by atoms with Gasteiger partial charge in [0, 0.05) is 18.2 Å². The van der Waals surface area contributed by atoms with E-state index in [1.54, 1.807) is 0 Å². The Bertz CT molecular complexity index is 454. The first-order valence-corrected chi connectivity index (χ1v) is 6.60. The SMILES string of the molecule is Cc1nc(CC2(C(=O)O)CCCCC2=O)cs1. The van der Waals surface area contributed by atoms with Crippen molar-refractivity contribution >= 4 is 23.1 Å². The quantitative estimate of drug-likeness (QED) is 0.839. The third kappa shape index (κ3) is 2.24. The minimum atomic E-state index is -1.22. The van der Waals surface area contributed by atoms with Crippen LogP contribution >= 0.6 is 11.3 Å². The molecule has 1 aliphatic rings. The minimum Gasteiger partial charge on any atom is -0.480 e. The fourth-order valence-electron chi connectivity index (χ4n) is 2.38. The molecule has 0 aromatic carbocycles. The number of aromatic nitrogens is 1. The summed E-state index contributed by atoms with van der Waals surface area (Å²) in [5.41, 5.74) is -0.496. The molecule has 4 nitrogen and oxygen atoms in total. The molecule has 1 N–H and O–H groups in total. The van der Waals surface area contributed by atoms with Gasteiger partial charge in [-0.3, -0.25) is 9.59 Å². The van der Waals surface area contributed by atoms with Gasteiger partial charge in [-0.1, -0.05) is 6.42 Å². The summed E-state index contributed by atoms with van der Waals surface area (Å²) < 4.78 is 0. The number of aliphatic carboxylic acids is 1. The average Bonchev–Trinajstić information content (AvgIpc) is 2.67. The smallest absolute Gasteiger partial charge is 0.317 e. The number of ketones is 1. The lowest BCUT2D eigenvalue weighted by molar-refractivity contribution is -0.157. The highest BCUT2D eigenvalue weighted by Gasteiger charge is 2.47. The predicted octanol–water partition coefficient (Wildman–Crippen LogP) is 2.21. The van der Waals surface area contributed by atoms with Crippen LogP contribution < -0.4 is 0 Å². The Hall–Kier alpha value is -1.23. The molecule has 5 heteroatoms. The van der Waals surface area contributed by atoms with Gasteiger partial charge in [-0.25, -0.2) is 4.98 Å². The van der Waals surface area contributed by atoms with Crippen molar-refractivity contribution in [3.8, 4) is 0 Å². The van der Waals surface area contributed by atoms with E-state index in [0.29, 0.717) is 12.8 Å². The maximum atomic E-state index is 12.0. The van der Waals surface area contributed by atoms with Crippen molar-refractivity contribution in [2.75, 3.05) is 0 Å². The van der Waals surface area contributed by atoms with E-state index in [4.69, 9.17) is 0 Å². The third-order valence-corrected chi connectivity index (χ3v) is 4.17. The number of rotatable bonds is 3. The molecule has 1 unspecified atom stereocenters. The van der Waals surface area contributed by atoms with E-state index >= 15 is 0 Å². The van der Waals surface area contributed by atoms with Crippen molar-refractivity contribution < 1.29 is 14.7 Å². The van der Waals surface area contributed by atoms with Crippen LogP contribution in [0, 0.1) is 12.3 Å². The largest absolute Gasteiger partial charge is 0.480 e. The monoisotopic (exact) mass is 253 g/mol. The van der Waals surface area contributed by atoms with Crippen LogP contribution in [-0.4, -0.2) is 21.8 Å². The highest BCUT2D eigenvalue weighted by molar-refractivity contribution is 7.09. The third-order valence-electron chi connectivity index (χ3n) is 3.35. The van der Waals surface area contributed by atoms with Crippen molar-refractivity contribution in [2.24, 2.45) is 5.41 Å². The van der Waals surface area contributed by atoms with Crippen molar-refractivity contribution in [1.82, 2.24) is 4.98 Å². The summed E-state index contributed by atoms with van der Waals surface area (Å²) in [5.74, 6) is -1.13. The lowest BCUT2D eigenvalue weighted by Crippen LogP contribution is -2.43. The number of aryl methyl sites for hydroxylation is 1. The molecule has 0 bridgehead atoms. The van der Waals surface area contributed by atoms with E-state index in [2.05, 4.69) is 4.98 Å². The van der Waals surface area contributed by atoms with E-state index in [1.807, 2.05) is 12.3 Å². The molecule has 1 atom stereocenters. The summed E-state index contributed by atoms with van der Waals surface area (Å²) in [6.45, 7) is 1.88. The molecule has 1 aliphatic carbocycles. The van der Waals surface area contributed by atoms with E-state index in [0.717, 1.165) is 23.5 Å². The fourth-order valence-corrected chi connectivity index (χ4v) is 2.99. The van der Waals surface area contributed by atoms with Crippen molar-refractivity contribution in [3.05, 3.63) is 16.1 Å². The molecule has 0 aliphatic heterocycles. The highest BCUT2D eigenvalue weighted by atomic mass is 32.1. The zero-order valence-corrected chi connectivity index (χ0v) is 10.5. The number of carboxylic acid groups (broad SMARTS) is 1. The normalized spacial score (nSPS) is 24.9. The number of Topliss-reactive ketones (excluding diaryl/α,β-unsaturated/α-hetero) is 1. The van der Waals surface area contributed by atoms with Crippen molar-refractivity contribution in [1.29, 1.82) is 0 Å². The van der Waals surface area contributed by atoms with Crippen molar-refractivity contribution in [3.63, 3.8) is 0 Å². The van der Waals surface area contributed by atoms with Gasteiger partial charge in [-0.15, -0.1) is 11.3 Å². The van der Waals surface area contributed by atoms with Crippen LogP contribution in [0.3, 0.4) is 0 Å². The van der Waals surface area contributed by atoms with Gasteiger partial charge in [0.2, 0.25) is 0 Å². The Morgan fingerprint density at radius 2 is 2.35 bits per heavy atom. The van der Waals surface area contributed by atoms with E-state index in [9.17, 15) is 14.7 Å². The standard InChI is InChI=1S/C12H15NO3S/c1-8-13-9(7-17-8)6-12(11(15)16)5-3-2-4-10(12)14/h7H,2-6H2,1H3,(H,15,16).